The number of rotatable bonds is 5. The van der Waals surface area contributed by atoms with Crippen LogP contribution < -0.4 is 0 Å². The summed E-state index contributed by atoms with van der Waals surface area (Å²) in [6.07, 6.45) is 6.44. The summed E-state index contributed by atoms with van der Waals surface area (Å²) >= 11 is 0. The van der Waals surface area contributed by atoms with Gasteiger partial charge in [0.25, 0.3) is 5.91 Å². The van der Waals surface area contributed by atoms with E-state index in [1.807, 2.05) is 35.2 Å². The van der Waals surface area contributed by atoms with Crippen LogP contribution in [0, 0.1) is 5.92 Å². The van der Waals surface area contributed by atoms with Crippen LogP contribution in [0.15, 0.2) is 59.2 Å². The van der Waals surface area contributed by atoms with Gasteiger partial charge >= 0.3 is 0 Å². The molecular weight excluding hydrogens is 400 g/mol. The first-order valence-corrected chi connectivity index (χ1v) is 11.9. The van der Waals surface area contributed by atoms with E-state index < -0.39 is 0 Å². The Kier molecular flexibility index (Phi) is 6.56. The van der Waals surface area contributed by atoms with E-state index in [0.717, 1.165) is 48.2 Å². The summed E-state index contributed by atoms with van der Waals surface area (Å²) in [4.78, 5) is 18.1. The first-order chi connectivity index (χ1) is 15.8. The molecule has 168 valence electrons. The molecule has 2 aromatic carbocycles. The summed E-state index contributed by atoms with van der Waals surface area (Å²) in [6, 6.07) is 16.4. The number of hydrogen-bond donors (Lipinski definition) is 0. The van der Waals surface area contributed by atoms with E-state index in [0.29, 0.717) is 26.3 Å². The van der Waals surface area contributed by atoms with Gasteiger partial charge in [-0.1, -0.05) is 36.8 Å². The van der Waals surface area contributed by atoms with Crippen molar-refractivity contribution < 1.29 is 13.9 Å². The average molecular weight is 433 g/mol. The largest absolute Gasteiger partial charge is 0.464 e. The number of benzene rings is 2. The van der Waals surface area contributed by atoms with Crippen molar-refractivity contribution in [3.63, 3.8) is 0 Å². The SMILES string of the molecule is O=C(c1ccccc1CN1CCCCC1)N1CCOC[C@H](Cc2cccc3occc23)C1. The van der Waals surface area contributed by atoms with Gasteiger partial charge in [0.2, 0.25) is 0 Å². The van der Waals surface area contributed by atoms with Crippen molar-refractivity contribution in [2.45, 2.75) is 32.2 Å². The fourth-order valence-corrected chi connectivity index (χ4v) is 5.13. The van der Waals surface area contributed by atoms with Gasteiger partial charge in [-0.15, -0.1) is 0 Å². The lowest BCUT2D eigenvalue weighted by Crippen LogP contribution is -2.37. The van der Waals surface area contributed by atoms with Crippen LogP contribution in [0.1, 0.15) is 40.7 Å². The Morgan fingerprint density at radius 3 is 2.69 bits per heavy atom. The normalized spacial score (nSPS) is 20.4. The summed E-state index contributed by atoms with van der Waals surface area (Å²) in [5.41, 5.74) is 4.15. The Balaban J connectivity index is 1.32. The molecule has 2 aliphatic rings. The Bertz CT molecular complexity index is 1050. The maximum atomic E-state index is 13.6. The molecule has 0 aliphatic carbocycles. The third-order valence-electron chi connectivity index (χ3n) is 6.81. The number of amides is 1. The zero-order valence-corrected chi connectivity index (χ0v) is 18.7. The van der Waals surface area contributed by atoms with Gasteiger partial charge in [0.1, 0.15) is 5.58 Å². The van der Waals surface area contributed by atoms with Gasteiger partial charge in [0, 0.05) is 36.5 Å². The van der Waals surface area contributed by atoms with Crippen LogP contribution in [0.3, 0.4) is 0 Å². The number of carbonyl (C=O) groups excluding carboxylic acids is 1. The molecular formula is C27H32N2O3. The summed E-state index contributed by atoms with van der Waals surface area (Å²) in [5, 5.41) is 1.15. The van der Waals surface area contributed by atoms with E-state index in [2.05, 4.69) is 23.1 Å². The van der Waals surface area contributed by atoms with Crippen LogP contribution in [0.5, 0.6) is 0 Å². The number of nitrogens with zero attached hydrogens (tertiary/aromatic N) is 2. The lowest BCUT2D eigenvalue weighted by atomic mass is 9.96. The van der Waals surface area contributed by atoms with Gasteiger partial charge in [-0.2, -0.15) is 0 Å². The van der Waals surface area contributed by atoms with Gasteiger partial charge in [-0.25, -0.2) is 0 Å². The molecule has 2 fully saturated rings. The highest BCUT2D eigenvalue weighted by atomic mass is 16.5. The van der Waals surface area contributed by atoms with E-state index >= 15 is 0 Å². The van der Waals surface area contributed by atoms with Crippen molar-refractivity contribution in [2.24, 2.45) is 5.92 Å². The highest BCUT2D eigenvalue weighted by Crippen LogP contribution is 2.25. The Morgan fingerprint density at radius 2 is 1.78 bits per heavy atom. The zero-order valence-electron chi connectivity index (χ0n) is 18.7. The van der Waals surface area contributed by atoms with Crippen LogP contribution in [0.4, 0.5) is 0 Å². The molecule has 0 spiro atoms. The highest BCUT2D eigenvalue weighted by Gasteiger charge is 2.26. The van der Waals surface area contributed by atoms with Gasteiger partial charge in [0.15, 0.2) is 0 Å². The van der Waals surface area contributed by atoms with Crippen molar-refractivity contribution in [1.29, 1.82) is 0 Å². The van der Waals surface area contributed by atoms with Crippen molar-refractivity contribution in [1.82, 2.24) is 9.80 Å². The van der Waals surface area contributed by atoms with Gasteiger partial charge in [0.05, 0.1) is 19.5 Å². The molecule has 2 saturated heterocycles. The predicted octanol–water partition coefficient (Wildman–Crippen LogP) is 4.75. The molecule has 0 saturated carbocycles. The number of likely N-dealkylation sites (tertiary alicyclic amines) is 1. The van der Waals surface area contributed by atoms with E-state index in [1.165, 1.54) is 24.8 Å². The van der Waals surface area contributed by atoms with Gasteiger partial charge in [-0.3, -0.25) is 9.69 Å². The summed E-state index contributed by atoms with van der Waals surface area (Å²) in [5.74, 6) is 0.394. The molecule has 1 aromatic heterocycles. The van der Waals surface area contributed by atoms with E-state index in [-0.39, 0.29) is 11.8 Å². The van der Waals surface area contributed by atoms with Crippen LogP contribution in [0.2, 0.25) is 0 Å². The van der Waals surface area contributed by atoms with E-state index in [1.54, 1.807) is 6.26 Å². The Labute approximate surface area is 189 Å². The summed E-state index contributed by atoms with van der Waals surface area (Å²) < 4.78 is 11.5. The monoisotopic (exact) mass is 432 g/mol. The molecule has 0 unspecified atom stereocenters. The topological polar surface area (TPSA) is 45.9 Å². The van der Waals surface area contributed by atoms with E-state index in [9.17, 15) is 4.79 Å². The molecule has 0 radical (unpaired) electrons. The van der Waals surface area contributed by atoms with Crippen molar-refractivity contribution in [3.8, 4) is 0 Å². The molecule has 32 heavy (non-hydrogen) atoms. The molecule has 5 heteroatoms. The quantitative estimate of drug-likeness (QED) is 0.584. The van der Waals surface area contributed by atoms with Crippen molar-refractivity contribution in [3.05, 3.63) is 71.5 Å². The highest BCUT2D eigenvalue weighted by molar-refractivity contribution is 5.95. The number of piperidine rings is 1. The first kappa shape index (κ1) is 21.2. The van der Waals surface area contributed by atoms with E-state index in [4.69, 9.17) is 9.15 Å². The second-order valence-electron chi connectivity index (χ2n) is 9.14. The fourth-order valence-electron chi connectivity index (χ4n) is 5.13. The van der Waals surface area contributed by atoms with Crippen LogP contribution in [-0.4, -0.2) is 55.1 Å². The summed E-state index contributed by atoms with van der Waals surface area (Å²) in [6.45, 7) is 5.73. The molecule has 0 N–H and O–H groups in total. The number of ether oxygens (including phenoxy) is 1. The predicted molar refractivity (Wildman–Crippen MR) is 126 cm³/mol. The minimum Gasteiger partial charge on any atom is -0.464 e. The molecule has 2 aliphatic heterocycles. The maximum Gasteiger partial charge on any atom is 0.254 e. The van der Waals surface area contributed by atoms with Crippen molar-refractivity contribution in [2.75, 3.05) is 39.4 Å². The van der Waals surface area contributed by atoms with Gasteiger partial charge in [-0.05, 0) is 61.7 Å². The Morgan fingerprint density at radius 1 is 0.938 bits per heavy atom. The molecule has 5 nitrogen and oxygen atoms in total. The molecule has 5 rings (SSSR count). The maximum absolute atomic E-state index is 13.6. The lowest BCUT2D eigenvalue weighted by Gasteiger charge is -2.28. The minimum absolute atomic E-state index is 0.134. The molecule has 3 aromatic rings. The number of hydrogen-bond acceptors (Lipinski definition) is 4. The molecule has 1 amide bonds. The average Bonchev–Trinajstić information content (AvgIpc) is 3.20. The second kappa shape index (κ2) is 9.88. The van der Waals surface area contributed by atoms with Crippen LogP contribution >= 0.6 is 0 Å². The Hall–Kier alpha value is -2.63. The van der Waals surface area contributed by atoms with Crippen LogP contribution in [0.25, 0.3) is 11.0 Å². The molecule has 3 heterocycles. The van der Waals surface area contributed by atoms with Gasteiger partial charge < -0.3 is 14.1 Å². The second-order valence-corrected chi connectivity index (χ2v) is 9.14. The fraction of sp³-hybridized carbons (Fsp3) is 0.444. The third-order valence-corrected chi connectivity index (χ3v) is 6.81. The first-order valence-electron chi connectivity index (χ1n) is 11.9. The van der Waals surface area contributed by atoms with Crippen LogP contribution in [-0.2, 0) is 17.7 Å². The minimum atomic E-state index is 0.134. The third kappa shape index (κ3) is 4.74. The summed E-state index contributed by atoms with van der Waals surface area (Å²) in [7, 11) is 0. The standard InChI is InChI=1S/C27H32N2O3/c30-27(25-9-3-2-7-23(25)19-28-12-4-1-5-13-28)29-14-16-31-20-21(18-29)17-22-8-6-10-26-24(22)11-15-32-26/h2-3,6-11,15,21H,1,4-5,12-14,16-20H2/t21-/m1/s1. The number of furan rings is 1. The molecule has 1 atom stereocenters. The number of carbonyl (C=O) groups is 1. The number of fused-ring (bicyclic) bond motifs is 1. The van der Waals surface area contributed by atoms with Crippen molar-refractivity contribution >= 4 is 16.9 Å². The molecule has 0 bridgehead atoms. The smallest absolute Gasteiger partial charge is 0.254 e. The zero-order chi connectivity index (χ0) is 21.8. The lowest BCUT2D eigenvalue weighted by molar-refractivity contribution is 0.0734.